The second-order valence-corrected chi connectivity index (χ2v) is 10.6. The summed E-state index contributed by atoms with van der Waals surface area (Å²) in [5, 5.41) is 3.72. The van der Waals surface area contributed by atoms with Crippen LogP contribution in [0.3, 0.4) is 0 Å². The van der Waals surface area contributed by atoms with Crippen LogP contribution >= 0.6 is 11.6 Å². The minimum Gasteiger partial charge on any atom is -0.444 e. The second kappa shape index (κ2) is 10.7. The largest absolute Gasteiger partial charge is 0.444 e. The topological polar surface area (TPSA) is 94.8 Å². The number of halogens is 1. The quantitative estimate of drug-likeness (QED) is 0.243. The number of carbonyl (C=O) groups is 2. The van der Waals surface area contributed by atoms with E-state index >= 15 is 0 Å². The van der Waals surface area contributed by atoms with Crippen LogP contribution in [0.2, 0.25) is 5.02 Å². The highest BCUT2D eigenvalue weighted by Crippen LogP contribution is 2.36. The van der Waals surface area contributed by atoms with Crippen molar-refractivity contribution in [3.8, 4) is 16.9 Å². The van der Waals surface area contributed by atoms with E-state index in [4.69, 9.17) is 25.5 Å². The molecule has 0 atom stereocenters. The van der Waals surface area contributed by atoms with Gasteiger partial charge in [0.25, 0.3) is 0 Å². The number of hydrogen-bond donors (Lipinski definition) is 1. The molecule has 1 heterocycles. The molecule has 1 aliphatic rings. The van der Waals surface area contributed by atoms with Crippen molar-refractivity contribution in [1.82, 2.24) is 5.32 Å². The fourth-order valence-corrected chi connectivity index (χ4v) is 4.64. The highest BCUT2D eigenvalue weighted by atomic mass is 35.5. The zero-order valence-electron chi connectivity index (χ0n) is 20.6. The number of rotatable bonds is 5. The molecule has 36 heavy (non-hydrogen) atoms. The van der Waals surface area contributed by atoms with E-state index in [1.165, 1.54) is 12.1 Å². The van der Waals surface area contributed by atoms with Gasteiger partial charge in [0, 0.05) is 24.1 Å². The van der Waals surface area contributed by atoms with E-state index in [0.717, 1.165) is 18.4 Å². The van der Waals surface area contributed by atoms with Gasteiger partial charge in [-0.05, 0) is 69.6 Å². The first-order valence-electron chi connectivity index (χ1n) is 12.1. The summed E-state index contributed by atoms with van der Waals surface area (Å²) in [6.07, 6.45) is 2.44. The molecule has 1 aromatic heterocycles. The predicted molar refractivity (Wildman–Crippen MR) is 138 cm³/mol. The molecule has 0 aliphatic heterocycles. The monoisotopic (exact) mass is 511 g/mol. The van der Waals surface area contributed by atoms with Crippen molar-refractivity contribution >= 4 is 34.6 Å². The number of benzene rings is 2. The fourth-order valence-electron chi connectivity index (χ4n) is 4.43. The Balaban J connectivity index is 1.40. The Bertz CT molecular complexity index is 1300. The van der Waals surface area contributed by atoms with Gasteiger partial charge in [0.1, 0.15) is 11.2 Å². The summed E-state index contributed by atoms with van der Waals surface area (Å²) in [5.41, 5.74) is 0.806. The first kappa shape index (κ1) is 25.8. The molecule has 1 saturated carbocycles. The Hall–Kier alpha value is -3.32. The van der Waals surface area contributed by atoms with E-state index in [1.54, 1.807) is 6.07 Å². The lowest BCUT2D eigenvalue weighted by Crippen LogP contribution is -2.36. The maximum atomic E-state index is 12.9. The van der Waals surface area contributed by atoms with Gasteiger partial charge >= 0.3 is 17.7 Å². The van der Waals surface area contributed by atoms with Gasteiger partial charge in [0.2, 0.25) is 0 Å². The summed E-state index contributed by atoms with van der Waals surface area (Å²) >= 11 is 6.48. The van der Waals surface area contributed by atoms with Crippen LogP contribution in [0.25, 0.3) is 22.1 Å². The van der Waals surface area contributed by atoms with Crippen LogP contribution in [0.5, 0.6) is 5.75 Å². The zero-order chi connectivity index (χ0) is 25.9. The molecule has 0 spiro atoms. The Morgan fingerprint density at radius 3 is 2.42 bits per heavy atom. The summed E-state index contributed by atoms with van der Waals surface area (Å²) in [6.45, 7) is 5.97. The maximum Gasteiger partial charge on any atom is 0.407 e. The van der Waals surface area contributed by atoms with Gasteiger partial charge in [0.15, 0.2) is 5.75 Å². The number of esters is 1. The van der Waals surface area contributed by atoms with Crippen molar-refractivity contribution in [2.24, 2.45) is 11.8 Å². The Morgan fingerprint density at radius 1 is 1.06 bits per heavy atom. The van der Waals surface area contributed by atoms with Gasteiger partial charge in [-0.15, -0.1) is 0 Å². The summed E-state index contributed by atoms with van der Waals surface area (Å²) in [7, 11) is 0. The average Bonchev–Trinajstić information content (AvgIpc) is 2.83. The highest BCUT2D eigenvalue weighted by Gasteiger charge is 2.29. The molecule has 0 bridgehead atoms. The van der Waals surface area contributed by atoms with Crippen molar-refractivity contribution in [1.29, 1.82) is 0 Å². The van der Waals surface area contributed by atoms with Crippen LogP contribution in [-0.2, 0) is 9.53 Å². The van der Waals surface area contributed by atoms with Gasteiger partial charge in [-0.25, -0.2) is 9.59 Å². The first-order valence-corrected chi connectivity index (χ1v) is 12.5. The van der Waals surface area contributed by atoms with Crippen LogP contribution in [0.4, 0.5) is 4.79 Å². The van der Waals surface area contributed by atoms with Crippen molar-refractivity contribution in [3.63, 3.8) is 0 Å². The van der Waals surface area contributed by atoms with E-state index in [9.17, 15) is 14.4 Å². The van der Waals surface area contributed by atoms with Crippen molar-refractivity contribution in [3.05, 3.63) is 64.0 Å². The molecule has 1 aliphatic carbocycles. The fraction of sp³-hybridized carbons (Fsp3) is 0.393. The van der Waals surface area contributed by atoms with Crippen molar-refractivity contribution in [2.45, 2.75) is 52.1 Å². The Labute approximate surface area is 214 Å². The third-order valence-corrected chi connectivity index (χ3v) is 6.50. The molecule has 0 unspecified atom stereocenters. The van der Waals surface area contributed by atoms with Crippen LogP contribution in [0.15, 0.2) is 57.7 Å². The lowest BCUT2D eigenvalue weighted by molar-refractivity contribution is -0.140. The van der Waals surface area contributed by atoms with E-state index in [-0.39, 0.29) is 28.6 Å². The van der Waals surface area contributed by atoms with Gasteiger partial charge in [-0.2, -0.15) is 0 Å². The molecule has 8 heteroatoms. The maximum absolute atomic E-state index is 12.9. The standard InChI is InChI=1S/C28H30ClNO6/c1-28(2,3)36-27(33)30-16-17-9-11-19(12-10-17)26(32)35-24-15-23-21(13-22(24)29)20(14-25(31)34-23)18-7-5-4-6-8-18/h4-8,13-15,17,19H,9-12,16H2,1-3H3,(H,30,33). The smallest absolute Gasteiger partial charge is 0.407 e. The molecule has 4 rings (SSSR count). The molecule has 1 N–H and O–H groups in total. The Morgan fingerprint density at radius 2 is 1.75 bits per heavy atom. The molecule has 190 valence electrons. The number of carbonyl (C=O) groups excluding carboxylic acids is 2. The number of nitrogens with one attached hydrogen (secondary N) is 1. The molecule has 0 radical (unpaired) electrons. The van der Waals surface area contributed by atoms with Gasteiger partial charge < -0.3 is 19.2 Å². The normalized spacial score (nSPS) is 18.0. The lowest BCUT2D eigenvalue weighted by Gasteiger charge is -2.28. The Kier molecular flexibility index (Phi) is 7.69. The third kappa shape index (κ3) is 6.46. The predicted octanol–water partition coefficient (Wildman–Crippen LogP) is 6.35. The van der Waals surface area contributed by atoms with E-state index < -0.39 is 17.3 Å². The van der Waals surface area contributed by atoms with Gasteiger partial charge in [-0.3, -0.25) is 4.79 Å². The SMILES string of the molecule is CC(C)(C)OC(=O)NCC1CCC(C(=O)Oc2cc3oc(=O)cc(-c4ccccc4)c3cc2Cl)CC1. The van der Waals surface area contributed by atoms with Gasteiger partial charge in [-0.1, -0.05) is 41.9 Å². The third-order valence-electron chi connectivity index (χ3n) is 6.21. The number of alkyl carbamates (subject to hydrolysis) is 1. The molecule has 0 saturated heterocycles. The first-order chi connectivity index (χ1) is 17.1. The molecule has 7 nitrogen and oxygen atoms in total. The molecule has 3 aromatic rings. The zero-order valence-corrected chi connectivity index (χ0v) is 21.4. The van der Waals surface area contributed by atoms with Crippen LogP contribution in [-0.4, -0.2) is 24.2 Å². The van der Waals surface area contributed by atoms with Crippen LogP contribution in [0.1, 0.15) is 46.5 Å². The number of amides is 1. The summed E-state index contributed by atoms with van der Waals surface area (Å²) in [5.74, 6) is -0.193. The lowest BCUT2D eigenvalue weighted by atomic mass is 9.82. The summed E-state index contributed by atoms with van der Waals surface area (Å²) < 4.78 is 16.3. The minimum absolute atomic E-state index is 0.163. The van der Waals surface area contributed by atoms with Gasteiger partial charge in [0.05, 0.1) is 10.9 Å². The van der Waals surface area contributed by atoms with Crippen LogP contribution in [0, 0.1) is 11.8 Å². The molecule has 1 fully saturated rings. The van der Waals surface area contributed by atoms with Crippen molar-refractivity contribution < 1.29 is 23.5 Å². The summed E-state index contributed by atoms with van der Waals surface area (Å²) in [4.78, 5) is 37.0. The number of fused-ring (bicyclic) bond motifs is 1. The number of ether oxygens (including phenoxy) is 2. The molecule has 2 aromatic carbocycles. The second-order valence-electron chi connectivity index (χ2n) is 10.1. The van der Waals surface area contributed by atoms with E-state index in [2.05, 4.69) is 5.32 Å². The average molecular weight is 512 g/mol. The van der Waals surface area contributed by atoms with Crippen LogP contribution < -0.4 is 15.7 Å². The van der Waals surface area contributed by atoms with E-state index in [1.807, 2.05) is 51.1 Å². The molecular formula is C28H30ClNO6. The highest BCUT2D eigenvalue weighted by molar-refractivity contribution is 6.33. The molecular weight excluding hydrogens is 482 g/mol. The molecule has 1 amide bonds. The minimum atomic E-state index is -0.540. The number of hydrogen-bond acceptors (Lipinski definition) is 6. The van der Waals surface area contributed by atoms with Crippen molar-refractivity contribution in [2.75, 3.05) is 6.54 Å². The van der Waals surface area contributed by atoms with E-state index in [0.29, 0.717) is 35.9 Å². The summed E-state index contributed by atoms with van der Waals surface area (Å²) in [6, 6.07) is 14.0.